The molecule has 110 valence electrons. The normalized spacial score (nSPS) is 11.2. The third-order valence-corrected chi connectivity index (χ3v) is 3.25. The van der Waals surface area contributed by atoms with Gasteiger partial charge in [-0.2, -0.15) is 5.26 Å². The summed E-state index contributed by atoms with van der Waals surface area (Å²) in [6.07, 6.45) is 1.94. The first kappa shape index (κ1) is 14.9. The van der Waals surface area contributed by atoms with E-state index < -0.39 is 5.97 Å². The number of rotatable bonds is 3. The van der Waals surface area contributed by atoms with Crippen molar-refractivity contribution in [3.63, 3.8) is 0 Å². The minimum atomic E-state index is -0.510. The van der Waals surface area contributed by atoms with Gasteiger partial charge in [-0.05, 0) is 29.2 Å². The molecule has 0 atom stereocenters. The summed E-state index contributed by atoms with van der Waals surface area (Å²) in [5.74, 6) is 0.252. The average Bonchev–Trinajstić information content (AvgIpc) is 3.04. The Kier molecular flexibility index (Phi) is 3.90. The largest absolute Gasteiger partial charge is 0.463 e. The van der Waals surface area contributed by atoms with Crippen molar-refractivity contribution in [3.8, 4) is 6.07 Å². The number of furan rings is 1. The van der Waals surface area contributed by atoms with Gasteiger partial charge in [0, 0.05) is 6.20 Å². The van der Waals surface area contributed by atoms with E-state index >= 15 is 0 Å². The molecule has 5 nitrogen and oxygen atoms in total. The van der Waals surface area contributed by atoms with Gasteiger partial charge in [0.2, 0.25) is 5.76 Å². The topological polar surface area (TPSA) is 68.2 Å². The molecule has 0 saturated carbocycles. The van der Waals surface area contributed by atoms with Crippen LogP contribution in [0.5, 0.6) is 0 Å². The summed E-state index contributed by atoms with van der Waals surface area (Å²) in [5, 5.41) is 9.23. The fraction of sp³-hybridized carbons (Fsp3) is 0.375. The molecular formula is C16H18N2O3. The lowest BCUT2D eigenvalue weighted by molar-refractivity contribution is 0.0563. The van der Waals surface area contributed by atoms with Crippen molar-refractivity contribution in [2.24, 2.45) is 0 Å². The summed E-state index contributed by atoms with van der Waals surface area (Å²) in [7, 11) is 1.31. The number of esters is 1. The molecule has 0 spiro atoms. The Morgan fingerprint density at radius 1 is 1.43 bits per heavy atom. The van der Waals surface area contributed by atoms with Gasteiger partial charge in [-0.15, -0.1) is 0 Å². The molecule has 2 aromatic rings. The molecule has 0 N–H and O–H groups in total. The summed E-state index contributed by atoms with van der Waals surface area (Å²) < 4.78 is 11.9. The quantitative estimate of drug-likeness (QED) is 0.813. The average molecular weight is 286 g/mol. The van der Waals surface area contributed by atoms with Crippen LogP contribution in [0.1, 0.15) is 48.3 Å². The van der Waals surface area contributed by atoms with E-state index in [1.165, 1.54) is 7.11 Å². The van der Waals surface area contributed by atoms with Gasteiger partial charge in [-0.25, -0.2) is 4.79 Å². The Morgan fingerprint density at radius 3 is 2.71 bits per heavy atom. The van der Waals surface area contributed by atoms with Crippen LogP contribution in [0, 0.1) is 11.3 Å². The summed E-state index contributed by atoms with van der Waals surface area (Å²) in [6.45, 7) is 6.68. The lowest BCUT2D eigenvalue weighted by atomic mass is 9.89. The number of hydrogen-bond acceptors (Lipinski definition) is 4. The molecule has 21 heavy (non-hydrogen) atoms. The second-order valence-electron chi connectivity index (χ2n) is 5.86. The van der Waals surface area contributed by atoms with Crippen LogP contribution in [0.15, 0.2) is 28.8 Å². The molecule has 0 bridgehead atoms. The zero-order valence-electron chi connectivity index (χ0n) is 12.6. The van der Waals surface area contributed by atoms with Crippen LogP contribution in [-0.4, -0.2) is 17.6 Å². The van der Waals surface area contributed by atoms with Gasteiger partial charge in [0.05, 0.1) is 13.7 Å². The molecule has 0 unspecified atom stereocenters. The smallest absolute Gasteiger partial charge is 0.373 e. The lowest BCUT2D eigenvalue weighted by Crippen LogP contribution is -2.09. The van der Waals surface area contributed by atoms with E-state index in [-0.39, 0.29) is 11.2 Å². The molecule has 0 radical (unpaired) electrons. The Balaban J connectivity index is 2.27. The molecule has 0 amide bonds. The number of carbonyl (C=O) groups is 1. The molecule has 2 rings (SSSR count). The zero-order valence-corrected chi connectivity index (χ0v) is 12.6. The molecule has 0 fully saturated rings. The van der Waals surface area contributed by atoms with Gasteiger partial charge < -0.3 is 13.7 Å². The summed E-state index contributed by atoms with van der Waals surface area (Å²) >= 11 is 0. The van der Waals surface area contributed by atoms with Crippen LogP contribution in [-0.2, 0) is 16.7 Å². The highest BCUT2D eigenvalue weighted by Gasteiger charge is 2.19. The maximum atomic E-state index is 11.4. The number of hydrogen-bond donors (Lipinski definition) is 0. The molecule has 0 aliphatic heterocycles. The molecule has 2 aromatic heterocycles. The van der Waals surface area contributed by atoms with Crippen molar-refractivity contribution in [2.75, 3.05) is 7.11 Å². The second kappa shape index (κ2) is 5.49. The second-order valence-corrected chi connectivity index (χ2v) is 5.86. The van der Waals surface area contributed by atoms with Crippen molar-refractivity contribution >= 4 is 5.97 Å². The van der Waals surface area contributed by atoms with Crippen molar-refractivity contribution in [1.29, 1.82) is 5.26 Å². The van der Waals surface area contributed by atoms with E-state index in [9.17, 15) is 10.1 Å². The number of methoxy groups -OCH3 is 1. The SMILES string of the molecule is COC(=O)c1ccc(Cn2cc(C(C)(C)C)cc2C#N)o1. The Morgan fingerprint density at radius 2 is 2.14 bits per heavy atom. The Labute approximate surface area is 123 Å². The highest BCUT2D eigenvalue weighted by molar-refractivity contribution is 5.86. The van der Waals surface area contributed by atoms with Crippen LogP contribution < -0.4 is 0 Å². The van der Waals surface area contributed by atoms with Gasteiger partial charge in [-0.1, -0.05) is 20.8 Å². The number of nitriles is 1. The fourth-order valence-electron chi connectivity index (χ4n) is 1.98. The third kappa shape index (κ3) is 3.16. The molecule has 5 heteroatoms. The number of ether oxygens (including phenoxy) is 1. The highest BCUT2D eigenvalue weighted by Crippen LogP contribution is 2.25. The minimum Gasteiger partial charge on any atom is -0.463 e. The standard InChI is InChI=1S/C16H18N2O3/c1-16(2,3)11-7-12(8-17)18(9-11)10-13-5-6-14(21-13)15(19)20-4/h5-7,9H,10H2,1-4H3. The Bertz CT molecular complexity index is 696. The highest BCUT2D eigenvalue weighted by atomic mass is 16.5. The van der Waals surface area contributed by atoms with E-state index in [0.29, 0.717) is 18.0 Å². The van der Waals surface area contributed by atoms with Crippen LogP contribution in [0.25, 0.3) is 0 Å². The zero-order chi connectivity index (χ0) is 15.6. The van der Waals surface area contributed by atoms with Gasteiger partial charge in [-0.3, -0.25) is 0 Å². The summed E-state index contributed by atoms with van der Waals surface area (Å²) in [4.78, 5) is 11.4. The molecule has 0 aromatic carbocycles. The molecule has 0 aliphatic rings. The van der Waals surface area contributed by atoms with E-state index in [4.69, 9.17) is 4.42 Å². The van der Waals surface area contributed by atoms with Gasteiger partial charge in [0.25, 0.3) is 0 Å². The number of nitrogens with zero attached hydrogens (tertiary/aromatic N) is 2. The maximum absolute atomic E-state index is 11.4. The number of aromatic nitrogens is 1. The van der Waals surface area contributed by atoms with Crippen LogP contribution in [0.4, 0.5) is 0 Å². The summed E-state index contributed by atoms with van der Waals surface area (Å²) in [5.41, 5.74) is 1.62. The van der Waals surface area contributed by atoms with Crippen molar-refractivity contribution in [2.45, 2.75) is 32.7 Å². The van der Waals surface area contributed by atoms with Crippen LogP contribution in [0.3, 0.4) is 0 Å². The van der Waals surface area contributed by atoms with E-state index in [2.05, 4.69) is 31.6 Å². The first-order chi connectivity index (χ1) is 9.85. The van der Waals surface area contributed by atoms with Gasteiger partial charge in [0.15, 0.2) is 0 Å². The third-order valence-electron chi connectivity index (χ3n) is 3.25. The van der Waals surface area contributed by atoms with Crippen LogP contribution >= 0.6 is 0 Å². The van der Waals surface area contributed by atoms with Gasteiger partial charge >= 0.3 is 5.97 Å². The monoisotopic (exact) mass is 286 g/mol. The van der Waals surface area contributed by atoms with Crippen molar-refractivity contribution in [1.82, 2.24) is 4.57 Å². The van der Waals surface area contributed by atoms with Crippen molar-refractivity contribution in [3.05, 3.63) is 47.2 Å². The lowest BCUT2D eigenvalue weighted by Gasteiger charge is -2.15. The Hall–Kier alpha value is -2.48. The molecule has 0 aliphatic carbocycles. The first-order valence-corrected chi connectivity index (χ1v) is 6.63. The molecule has 2 heterocycles. The van der Waals surface area contributed by atoms with Crippen LogP contribution in [0.2, 0.25) is 0 Å². The minimum absolute atomic E-state index is 0.0306. The number of carbonyl (C=O) groups excluding carboxylic acids is 1. The predicted octanol–water partition coefficient (Wildman–Crippen LogP) is 3.09. The molecular weight excluding hydrogens is 268 g/mol. The van der Waals surface area contributed by atoms with E-state index in [0.717, 1.165) is 5.56 Å². The fourth-order valence-corrected chi connectivity index (χ4v) is 1.98. The van der Waals surface area contributed by atoms with E-state index in [1.807, 2.05) is 16.8 Å². The first-order valence-electron chi connectivity index (χ1n) is 6.63. The molecule has 0 saturated heterocycles. The van der Waals surface area contributed by atoms with E-state index in [1.54, 1.807) is 12.1 Å². The van der Waals surface area contributed by atoms with Gasteiger partial charge in [0.1, 0.15) is 17.5 Å². The predicted molar refractivity (Wildman–Crippen MR) is 77.0 cm³/mol. The summed E-state index contributed by atoms with van der Waals surface area (Å²) in [6, 6.07) is 7.34. The maximum Gasteiger partial charge on any atom is 0.373 e. The van der Waals surface area contributed by atoms with Crippen molar-refractivity contribution < 1.29 is 13.9 Å².